The second-order valence-electron chi connectivity index (χ2n) is 4.88. The van der Waals surface area contributed by atoms with Crippen molar-refractivity contribution in [2.75, 3.05) is 26.5 Å². The minimum atomic E-state index is 0.713. The number of anilines is 1. The Morgan fingerprint density at radius 1 is 1.29 bits per heavy atom. The van der Waals surface area contributed by atoms with Crippen LogP contribution in [0.2, 0.25) is 0 Å². The van der Waals surface area contributed by atoms with Gasteiger partial charge in [-0.05, 0) is 32.1 Å². The largest absolute Gasteiger partial charge is 0.494 e. The lowest BCUT2D eigenvalue weighted by atomic mass is 10.0. The molecule has 0 saturated heterocycles. The molecule has 0 spiro atoms. The van der Waals surface area contributed by atoms with Gasteiger partial charge in [0.1, 0.15) is 23.4 Å². The molecule has 1 heterocycles. The number of hydrogen-bond acceptors (Lipinski definition) is 5. The van der Waals surface area contributed by atoms with Crippen molar-refractivity contribution in [1.29, 1.82) is 0 Å². The molecule has 0 saturated carbocycles. The molecule has 0 aliphatic heterocycles. The number of benzene rings is 1. The van der Waals surface area contributed by atoms with Gasteiger partial charge < -0.3 is 10.1 Å². The minimum Gasteiger partial charge on any atom is -0.494 e. The van der Waals surface area contributed by atoms with Gasteiger partial charge in [0.05, 0.1) is 12.8 Å². The summed E-state index contributed by atoms with van der Waals surface area (Å²) < 4.78 is 5.47. The molecule has 0 amide bonds. The van der Waals surface area contributed by atoms with Gasteiger partial charge in [-0.15, -0.1) is 0 Å². The smallest absolute Gasteiger partial charge is 0.145 e. The second kappa shape index (κ2) is 6.35. The molecule has 2 rings (SSSR count). The van der Waals surface area contributed by atoms with Crippen molar-refractivity contribution in [3.8, 4) is 5.75 Å². The average Bonchev–Trinajstić information content (AvgIpc) is 2.50. The number of aliphatic imine (C=N–C) groups is 1. The molecule has 0 bridgehead atoms. The number of methoxy groups -OCH3 is 1. The fourth-order valence-corrected chi connectivity index (χ4v) is 2.19. The lowest BCUT2D eigenvalue weighted by molar-refractivity contribution is 0.419. The van der Waals surface area contributed by atoms with E-state index in [2.05, 4.69) is 20.3 Å². The molecule has 21 heavy (non-hydrogen) atoms. The molecule has 110 valence electrons. The molecule has 0 radical (unpaired) electrons. The van der Waals surface area contributed by atoms with E-state index in [1.54, 1.807) is 14.2 Å². The monoisotopic (exact) mass is 284 g/mol. The molecule has 0 aliphatic carbocycles. The summed E-state index contributed by atoms with van der Waals surface area (Å²) in [7, 11) is 5.27. The second-order valence-corrected chi connectivity index (χ2v) is 4.88. The first-order valence-corrected chi connectivity index (χ1v) is 6.73. The van der Waals surface area contributed by atoms with Gasteiger partial charge in [0.2, 0.25) is 0 Å². The first-order chi connectivity index (χ1) is 10.1. The Morgan fingerprint density at radius 2 is 2.05 bits per heavy atom. The molecular formula is C16H20N4O. The van der Waals surface area contributed by atoms with Crippen LogP contribution in [-0.2, 0) is 0 Å². The van der Waals surface area contributed by atoms with Crippen LogP contribution < -0.4 is 10.1 Å². The maximum absolute atomic E-state index is 5.47. The van der Waals surface area contributed by atoms with Crippen LogP contribution in [0.5, 0.6) is 5.75 Å². The van der Waals surface area contributed by atoms with Gasteiger partial charge in [0.25, 0.3) is 0 Å². The molecule has 0 atom stereocenters. The summed E-state index contributed by atoms with van der Waals surface area (Å²) >= 11 is 0. The lowest BCUT2D eigenvalue weighted by Gasteiger charge is -2.11. The zero-order valence-electron chi connectivity index (χ0n) is 13.1. The van der Waals surface area contributed by atoms with E-state index in [9.17, 15) is 0 Å². The SMILES string of the molecule is CN=C(C=C(C)C)c1cc(OC)c2ncnc(NC)c2c1. The predicted octanol–water partition coefficient (Wildman–Crippen LogP) is 3.07. The van der Waals surface area contributed by atoms with Crippen LogP contribution in [0.4, 0.5) is 5.82 Å². The highest BCUT2D eigenvalue weighted by molar-refractivity contribution is 6.12. The Morgan fingerprint density at radius 3 is 2.62 bits per heavy atom. The van der Waals surface area contributed by atoms with Crippen LogP contribution in [0.1, 0.15) is 19.4 Å². The van der Waals surface area contributed by atoms with Crippen LogP contribution in [0.25, 0.3) is 10.9 Å². The first kappa shape index (κ1) is 15.0. The maximum atomic E-state index is 5.47. The van der Waals surface area contributed by atoms with Gasteiger partial charge in [0.15, 0.2) is 0 Å². The molecule has 0 aliphatic rings. The van der Waals surface area contributed by atoms with Gasteiger partial charge >= 0.3 is 0 Å². The van der Waals surface area contributed by atoms with Gasteiger partial charge in [-0.1, -0.05) is 5.57 Å². The molecule has 5 nitrogen and oxygen atoms in total. The van der Waals surface area contributed by atoms with Crippen LogP contribution in [0.15, 0.2) is 35.1 Å². The van der Waals surface area contributed by atoms with Crippen LogP contribution in [-0.4, -0.2) is 36.9 Å². The third-order valence-electron chi connectivity index (χ3n) is 3.12. The number of nitrogens with one attached hydrogen (secondary N) is 1. The van der Waals surface area contributed by atoms with Gasteiger partial charge in [0, 0.05) is 25.0 Å². The summed E-state index contributed by atoms with van der Waals surface area (Å²) in [6.07, 6.45) is 3.57. The van der Waals surface area contributed by atoms with E-state index in [0.29, 0.717) is 5.75 Å². The molecular weight excluding hydrogens is 264 g/mol. The number of hydrogen-bond donors (Lipinski definition) is 1. The zero-order valence-corrected chi connectivity index (χ0v) is 13.1. The third-order valence-corrected chi connectivity index (χ3v) is 3.12. The predicted molar refractivity (Wildman–Crippen MR) is 87.5 cm³/mol. The fraction of sp³-hybridized carbons (Fsp3) is 0.312. The maximum Gasteiger partial charge on any atom is 0.145 e. The highest BCUT2D eigenvalue weighted by Crippen LogP contribution is 2.29. The zero-order chi connectivity index (χ0) is 15.4. The average molecular weight is 284 g/mol. The third kappa shape index (κ3) is 3.02. The van der Waals surface area contributed by atoms with Gasteiger partial charge in [-0.3, -0.25) is 4.99 Å². The number of aromatic nitrogens is 2. The van der Waals surface area contributed by atoms with E-state index in [1.165, 1.54) is 11.9 Å². The Kier molecular flexibility index (Phi) is 4.52. The number of allylic oxidation sites excluding steroid dienone is 2. The summed E-state index contributed by atoms with van der Waals surface area (Å²) in [5.74, 6) is 1.48. The summed E-state index contributed by atoms with van der Waals surface area (Å²) in [6, 6.07) is 3.99. The van der Waals surface area contributed by atoms with E-state index in [4.69, 9.17) is 4.74 Å². The van der Waals surface area contributed by atoms with Crippen LogP contribution in [0, 0.1) is 0 Å². The fourth-order valence-electron chi connectivity index (χ4n) is 2.19. The molecule has 1 aromatic heterocycles. The molecule has 2 aromatic rings. The molecule has 0 unspecified atom stereocenters. The Balaban J connectivity index is 2.74. The number of fused-ring (bicyclic) bond motifs is 1. The van der Waals surface area contributed by atoms with Crippen molar-refractivity contribution in [3.63, 3.8) is 0 Å². The van der Waals surface area contributed by atoms with E-state index < -0.39 is 0 Å². The highest BCUT2D eigenvalue weighted by atomic mass is 16.5. The van der Waals surface area contributed by atoms with Crippen molar-refractivity contribution in [1.82, 2.24) is 9.97 Å². The van der Waals surface area contributed by atoms with Crippen molar-refractivity contribution < 1.29 is 4.74 Å². The molecule has 0 fully saturated rings. The van der Waals surface area contributed by atoms with Crippen molar-refractivity contribution in [2.24, 2.45) is 4.99 Å². The van der Waals surface area contributed by atoms with Crippen molar-refractivity contribution in [3.05, 3.63) is 35.7 Å². The number of nitrogens with zero attached hydrogens (tertiary/aromatic N) is 3. The first-order valence-electron chi connectivity index (χ1n) is 6.73. The van der Waals surface area contributed by atoms with Crippen molar-refractivity contribution in [2.45, 2.75) is 13.8 Å². The number of rotatable bonds is 4. The molecule has 1 aromatic carbocycles. The summed E-state index contributed by atoms with van der Waals surface area (Å²) in [5, 5.41) is 4.00. The number of ether oxygens (including phenoxy) is 1. The Hall–Kier alpha value is -2.43. The molecule has 1 N–H and O–H groups in total. The topological polar surface area (TPSA) is 59.4 Å². The normalized spacial score (nSPS) is 11.4. The summed E-state index contributed by atoms with van der Waals surface area (Å²) in [4.78, 5) is 12.9. The molecule has 5 heteroatoms. The Labute approximate surface area is 124 Å². The highest BCUT2D eigenvalue weighted by Gasteiger charge is 2.12. The van der Waals surface area contributed by atoms with Gasteiger partial charge in [-0.2, -0.15) is 0 Å². The summed E-state index contributed by atoms with van der Waals surface area (Å²) in [5.41, 5.74) is 3.86. The van der Waals surface area contributed by atoms with Crippen LogP contribution >= 0.6 is 0 Å². The van der Waals surface area contributed by atoms with Gasteiger partial charge in [-0.25, -0.2) is 9.97 Å². The minimum absolute atomic E-state index is 0.713. The van der Waals surface area contributed by atoms with Crippen LogP contribution in [0.3, 0.4) is 0 Å². The standard InChI is InChI=1S/C16H20N4O/c1-10(2)6-13(17-3)11-7-12-15(14(8-11)21-5)19-9-20-16(12)18-4/h6-9H,1-5H3,(H,18,19,20). The van der Waals surface area contributed by atoms with E-state index >= 15 is 0 Å². The summed E-state index contributed by atoms with van der Waals surface area (Å²) in [6.45, 7) is 4.09. The Bertz CT molecular complexity index is 716. The van der Waals surface area contributed by atoms with E-state index in [1.807, 2.05) is 39.1 Å². The van der Waals surface area contributed by atoms with E-state index in [-0.39, 0.29) is 0 Å². The van der Waals surface area contributed by atoms with Crippen molar-refractivity contribution >= 4 is 22.4 Å². The quantitative estimate of drug-likeness (QED) is 0.877. The van der Waals surface area contributed by atoms with E-state index in [0.717, 1.165) is 28.0 Å². The lowest BCUT2D eigenvalue weighted by Crippen LogP contribution is -2.02.